The molecule has 1 aliphatic heterocycles. The first kappa shape index (κ1) is 14.1. The molecule has 0 saturated carbocycles. The van der Waals surface area contributed by atoms with Gasteiger partial charge in [-0.15, -0.1) is 0 Å². The Hall–Kier alpha value is -0.940. The number of carboxylic acid groups (broad SMARTS) is 1. The van der Waals surface area contributed by atoms with Crippen molar-refractivity contribution < 1.29 is 24.2 Å². The average molecular weight is 244 g/mol. The quantitative estimate of drug-likeness (QED) is 0.539. The van der Waals surface area contributed by atoms with Gasteiger partial charge >= 0.3 is 5.97 Å². The van der Waals surface area contributed by atoms with E-state index in [0.29, 0.717) is 19.8 Å². The Labute approximate surface area is 101 Å². The minimum atomic E-state index is -1.38. The fourth-order valence-electron chi connectivity index (χ4n) is 1.83. The molecule has 1 fully saturated rings. The van der Waals surface area contributed by atoms with Crippen molar-refractivity contribution in [3.8, 4) is 0 Å². The molecule has 5 heteroatoms. The summed E-state index contributed by atoms with van der Waals surface area (Å²) in [6.07, 6.45) is 2.36. The van der Waals surface area contributed by atoms with Gasteiger partial charge in [-0.3, -0.25) is 9.59 Å². The zero-order chi connectivity index (χ0) is 12.7. The van der Waals surface area contributed by atoms with Gasteiger partial charge in [-0.1, -0.05) is 13.3 Å². The van der Waals surface area contributed by atoms with Crippen LogP contribution in [-0.2, 0) is 19.1 Å². The smallest absolute Gasteiger partial charge is 0.319 e. The highest BCUT2D eigenvalue weighted by molar-refractivity contribution is 6.03. The van der Waals surface area contributed by atoms with Crippen LogP contribution in [0.5, 0.6) is 0 Å². The molecular formula is C12H20O5. The van der Waals surface area contributed by atoms with E-state index in [9.17, 15) is 14.7 Å². The number of aliphatic carboxylic acids is 1. The predicted molar refractivity (Wildman–Crippen MR) is 60.9 cm³/mol. The Morgan fingerprint density at radius 2 is 2.29 bits per heavy atom. The molecule has 1 saturated heterocycles. The summed E-state index contributed by atoms with van der Waals surface area (Å²) in [6, 6.07) is 0. The van der Waals surface area contributed by atoms with Crippen LogP contribution in [0.3, 0.4) is 0 Å². The van der Waals surface area contributed by atoms with Gasteiger partial charge in [-0.25, -0.2) is 0 Å². The zero-order valence-corrected chi connectivity index (χ0v) is 10.2. The number of carbonyl (C=O) groups is 2. The Kier molecular flexibility index (Phi) is 5.58. The van der Waals surface area contributed by atoms with Crippen molar-refractivity contribution in [2.75, 3.05) is 26.4 Å². The van der Waals surface area contributed by atoms with Gasteiger partial charge in [0.15, 0.2) is 11.2 Å². The summed E-state index contributed by atoms with van der Waals surface area (Å²) in [6.45, 7) is 3.26. The molecule has 1 unspecified atom stereocenters. The van der Waals surface area contributed by atoms with Crippen LogP contribution in [0.2, 0.25) is 0 Å². The first-order chi connectivity index (χ1) is 8.13. The summed E-state index contributed by atoms with van der Waals surface area (Å²) < 4.78 is 10.5. The van der Waals surface area contributed by atoms with Gasteiger partial charge in [0.1, 0.15) is 0 Å². The van der Waals surface area contributed by atoms with Gasteiger partial charge in [0.05, 0.1) is 13.2 Å². The minimum Gasteiger partial charge on any atom is -0.480 e. The second kappa shape index (κ2) is 6.71. The van der Waals surface area contributed by atoms with Gasteiger partial charge in [0.25, 0.3) is 0 Å². The van der Waals surface area contributed by atoms with Crippen LogP contribution >= 0.6 is 0 Å². The highest BCUT2D eigenvalue weighted by Crippen LogP contribution is 2.29. The Morgan fingerprint density at radius 3 is 2.88 bits per heavy atom. The summed E-state index contributed by atoms with van der Waals surface area (Å²) >= 11 is 0. The largest absolute Gasteiger partial charge is 0.480 e. The summed E-state index contributed by atoms with van der Waals surface area (Å²) in [4.78, 5) is 23.0. The monoisotopic (exact) mass is 244 g/mol. The van der Waals surface area contributed by atoms with Crippen molar-refractivity contribution in [2.45, 2.75) is 32.6 Å². The number of Topliss-reactive ketones (excluding diaryl/α,β-unsaturated/α-hetero) is 1. The molecule has 1 heterocycles. The fourth-order valence-corrected chi connectivity index (χ4v) is 1.83. The fraction of sp³-hybridized carbons (Fsp3) is 0.833. The number of carbonyl (C=O) groups excluding carboxylic acids is 1. The first-order valence-corrected chi connectivity index (χ1v) is 6.05. The molecule has 0 radical (unpaired) electrons. The number of ether oxygens (including phenoxy) is 2. The van der Waals surface area contributed by atoms with Crippen molar-refractivity contribution in [2.24, 2.45) is 5.41 Å². The Morgan fingerprint density at radius 1 is 1.53 bits per heavy atom. The molecule has 0 aromatic heterocycles. The number of rotatable bonds is 7. The van der Waals surface area contributed by atoms with Crippen LogP contribution in [0.15, 0.2) is 0 Å². The van der Waals surface area contributed by atoms with E-state index in [-0.39, 0.29) is 25.2 Å². The van der Waals surface area contributed by atoms with Crippen LogP contribution in [0.25, 0.3) is 0 Å². The lowest BCUT2D eigenvalue weighted by molar-refractivity contribution is -0.166. The third-order valence-corrected chi connectivity index (χ3v) is 3.08. The standard InChI is InChI=1S/C12H20O5/c1-2-3-6-16-8-5-12(11(14)15)9-17-7-4-10(12)13/h2-9H2,1H3,(H,14,15). The van der Waals surface area contributed by atoms with Gasteiger partial charge in [0, 0.05) is 19.6 Å². The molecule has 0 aliphatic carbocycles. The highest BCUT2D eigenvalue weighted by Gasteiger charge is 2.47. The average Bonchev–Trinajstić information content (AvgIpc) is 2.31. The predicted octanol–water partition coefficient (Wildman–Crippen LogP) is 1.25. The number of carboxylic acids is 1. The van der Waals surface area contributed by atoms with Crippen LogP contribution in [0.4, 0.5) is 0 Å². The van der Waals surface area contributed by atoms with E-state index < -0.39 is 11.4 Å². The van der Waals surface area contributed by atoms with E-state index in [1.165, 1.54) is 0 Å². The van der Waals surface area contributed by atoms with E-state index in [4.69, 9.17) is 9.47 Å². The second-order valence-electron chi connectivity index (χ2n) is 4.33. The van der Waals surface area contributed by atoms with Crippen LogP contribution < -0.4 is 0 Å². The van der Waals surface area contributed by atoms with Crippen LogP contribution in [-0.4, -0.2) is 43.3 Å². The van der Waals surface area contributed by atoms with Crippen molar-refractivity contribution in [3.05, 3.63) is 0 Å². The van der Waals surface area contributed by atoms with E-state index in [1.807, 2.05) is 0 Å². The number of ketones is 1. The zero-order valence-electron chi connectivity index (χ0n) is 10.2. The molecule has 1 atom stereocenters. The number of hydrogen-bond donors (Lipinski definition) is 1. The van der Waals surface area contributed by atoms with E-state index >= 15 is 0 Å². The SMILES string of the molecule is CCCCOCCC1(C(=O)O)COCCC1=O. The summed E-state index contributed by atoms with van der Waals surface area (Å²) in [7, 11) is 0. The van der Waals surface area contributed by atoms with Crippen molar-refractivity contribution in [3.63, 3.8) is 0 Å². The lowest BCUT2D eigenvalue weighted by atomic mass is 9.78. The lowest BCUT2D eigenvalue weighted by Crippen LogP contribution is -2.47. The molecule has 1 N–H and O–H groups in total. The van der Waals surface area contributed by atoms with Crippen LogP contribution in [0.1, 0.15) is 32.6 Å². The maximum Gasteiger partial charge on any atom is 0.319 e. The molecule has 1 rings (SSSR count). The van der Waals surface area contributed by atoms with Gasteiger partial charge in [0.2, 0.25) is 0 Å². The number of unbranched alkanes of at least 4 members (excludes halogenated alkanes) is 1. The molecule has 98 valence electrons. The van der Waals surface area contributed by atoms with Crippen molar-refractivity contribution >= 4 is 11.8 Å². The Bertz CT molecular complexity index is 276. The Balaban J connectivity index is 2.48. The molecule has 0 aromatic rings. The maximum atomic E-state index is 11.8. The summed E-state index contributed by atoms with van der Waals surface area (Å²) in [5.41, 5.74) is -1.38. The summed E-state index contributed by atoms with van der Waals surface area (Å²) in [5.74, 6) is -1.34. The number of hydrogen-bond acceptors (Lipinski definition) is 4. The van der Waals surface area contributed by atoms with Gasteiger partial charge < -0.3 is 14.6 Å². The summed E-state index contributed by atoms with van der Waals surface area (Å²) in [5, 5.41) is 9.21. The molecule has 1 aliphatic rings. The maximum absolute atomic E-state index is 11.8. The highest BCUT2D eigenvalue weighted by atomic mass is 16.5. The molecule has 0 aromatic carbocycles. The van der Waals surface area contributed by atoms with Gasteiger partial charge in [-0.2, -0.15) is 0 Å². The van der Waals surface area contributed by atoms with Crippen molar-refractivity contribution in [1.82, 2.24) is 0 Å². The molecule has 17 heavy (non-hydrogen) atoms. The van der Waals surface area contributed by atoms with E-state index in [2.05, 4.69) is 6.92 Å². The minimum absolute atomic E-state index is 0.0295. The molecule has 0 spiro atoms. The molecule has 0 bridgehead atoms. The van der Waals surface area contributed by atoms with E-state index in [0.717, 1.165) is 12.8 Å². The van der Waals surface area contributed by atoms with Gasteiger partial charge in [-0.05, 0) is 12.8 Å². The van der Waals surface area contributed by atoms with Crippen LogP contribution in [0, 0.1) is 5.41 Å². The third kappa shape index (κ3) is 3.51. The van der Waals surface area contributed by atoms with Crippen molar-refractivity contribution in [1.29, 1.82) is 0 Å². The molecule has 0 amide bonds. The normalized spacial score (nSPS) is 24.9. The first-order valence-electron chi connectivity index (χ1n) is 6.05. The van der Waals surface area contributed by atoms with E-state index in [1.54, 1.807) is 0 Å². The third-order valence-electron chi connectivity index (χ3n) is 3.08. The molecular weight excluding hydrogens is 224 g/mol. The lowest BCUT2D eigenvalue weighted by Gasteiger charge is -2.31. The second-order valence-corrected chi connectivity index (χ2v) is 4.33. The topological polar surface area (TPSA) is 72.8 Å². The molecule has 5 nitrogen and oxygen atoms in total.